The molecule has 0 amide bonds. The molecule has 1 saturated heterocycles. The van der Waals surface area contributed by atoms with Gasteiger partial charge in [-0.2, -0.15) is 0 Å². The summed E-state index contributed by atoms with van der Waals surface area (Å²) < 4.78 is 24.7. The van der Waals surface area contributed by atoms with Gasteiger partial charge in [-0.15, -0.1) is 0 Å². The molecule has 126 valence electrons. The van der Waals surface area contributed by atoms with Crippen molar-refractivity contribution in [2.45, 2.75) is 31.2 Å². The molecule has 0 spiro atoms. The number of esters is 1. The van der Waals surface area contributed by atoms with Crippen LogP contribution in [0.5, 0.6) is 0 Å². The Hall–Kier alpha value is -1.46. The van der Waals surface area contributed by atoms with Crippen molar-refractivity contribution < 1.29 is 18.7 Å². The number of rotatable bonds is 3. The Balaban J connectivity index is 1.82. The maximum Gasteiger partial charge on any atom is 0.309 e. The van der Waals surface area contributed by atoms with Crippen LogP contribution in [0.2, 0.25) is 0 Å². The van der Waals surface area contributed by atoms with Crippen LogP contribution in [0.3, 0.4) is 0 Å². The minimum absolute atomic E-state index is 0.120. The smallest absolute Gasteiger partial charge is 0.309 e. The van der Waals surface area contributed by atoms with Gasteiger partial charge in [0.25, 0.3) is 0 Å². The molecule has 1 aliphatic heterocycles. The lowest BCUT2D eigenvalue weighted by molar-refractivity contribution is -0.148. The Kier molecular flexibility index (Phi) is 5.28. The van der Waals surface area contributed by atoms with Gasteiger partial charge in [0.05, 0.1) is 26.2 Å². The maximum absolute atomic E-state index is 14.3. The number of methoxy groups -OCH3 is 1. The van der Waals surface area contributed by atoms with E-state index in [-0.39, 0.29) is 23.6 Å². The second kappa shape index (κ2) is 7.41. The fraction of sp³-hybridized carbons (Fsp3) is 0.611. The van der Waals surface area contributed by atoms with Gasteiger partial charge in [-0.3, -0.25) is 9.69 Å². The summed E-state index contributed by atoms with van der Waals surface area (Å²) in [6.07, 6.45) is 2.49. The van der Waals surface area contributed by atoms with Crippen LogP contribution in [0.25, 0.3) is 0 Å². The number of carbonyl (C=O) groups excluding carboxylic acids is 1. The van der Waals surface area contributed by atoms with E-state index in [1.807, 2.05) is 6.07 Å². The van der Waals surface area contributed by atoms with Gasteiger partial charge >= 0.3 is 5.97 Å². The topological polar surface area (TPSA) is 38.8 Å². The third-order valence-electron chi connectivity index (χ3n) is 5.19. The SMILES string of the molecule is COC(=O)[C@@H]1CC[C@H](N2CCOCC2)C[C@H]1c1ccccc1F. The summed E-state index contributed by atoms with van der Waals surface area (Å²) >= 11 is 0. The molecule has 1 aromatic rings. The van der Waals surface area contributed by atoms with Crippen molar-refractivity contribution in [1.29, 1.82) is 0 Å². The number of nitrogens with zero attached hydrogens (tertiary/aromatic N) is 1. The lowest BCUT2D eigenvalue weighted by Crippen LogP contribution is -2.47. The molecular weight excluding hydrogens is 297 g/mol. The predicted molar refractivity (Wildman–Crippen MR) is 84.7 cm³/mol. The van der Waals surface area contributed by atoms with E-state index in [0.29, 0.717) is 11.6 Å². The van der Waals surface area contributed by atoms with Crippen molar-refractivity contribution in [3.63, 3.8) is 0 Å². The van der Waals surface area contributed by atoms with Crippen LogP contribution in [-0.2, 0) is 14.3 Å². The van der Waals surface area contributed by atoms with Crippen LogP contribution in [0.15, 0.2) is 24.3 Å². The highest BCUT2D eigenvalue weighted by atomic mass is 19.1. The van der Waals surface area contributed by atoms with E-state index in [9.17, 15) is 9.18 Å². The maximum atomic E-state index is 14.3. The second-order valence-electron chi connectivity index (χ2n) is 6.37. The Labute approximate surface area is 136 Å². The van der Waals surface area contributed by atoms with E-state index >= 15 is 0 Å². The molecule has 1 aromatic carbocycles. The molecule has 3 rings (SSSR count). The minimum Gasteiger partial charge on any atom is -0.469 e. The number of morpholine rings is 1. The van der Waals surface area contributed by atoms with E-state index in [4.69, 9.17) is 9.47 Å². The minimum atomic E-state index is -0.255. The number of halogens is 1. The monoisotopic (exact) mass is 321 g/mol. The molecule has 0 N–H and O–H groups in total. The summed E-state index contributed by atoms with van der Waals surface area (Å²) in [6.45, 7) is 3.33. The van der Waals surface area contributed by atoms with Crippen LogP contribution < -0.4 is 0 Å². The highest BCUT2D eigenvalue weighted by molar-refractivity contribution is 5.73. The largest absolute Gasteiger partial charge is 0.469 e. The fourth-order valence-corrected chi connectivity index (χ4v) is 3.98. The lowest BCUT2D eigenvalue weighted by atomic mass is 9.73. The van der Waals surface area contributed by atoms with E-state index in [0.717, 1.165) is 45.6 Å². The molecule has 4 nitrogen and oxygen atoms in total. The molecule has 1 saturated carbocycles. The zero-order chi connectivity index (χ0) is 16.2. The fourth-order valence-electron chi connectivity index (χ4n) is 3.98. The van der Waals surface area contributed by atoms with Gasteiger partial charge in [-0.25, -0.2) is 4.39 Å². The molecule has 2 fully saturated rings. The Bertz CT molecular complexity index is 545. The zero-order valence-corrected chi connectivity index (χ0v) is 13.5. The zero-order valence-electron chi connectivity index (χ0n) is 13.5. The van der Waals surface area contributed by atoms with Crippen LogP contribution in [0.4, 0.5) is 4.39 Å². The third kappa shape index (κ3) is 3.56. The molecule has 1 heterocycles. The first-order valence-corrected chi connectivity index (χ1v) is 8.34. The van der Waals surface area contributed by atoms with E-state index < -0.39 is 0 Å². The van der Waals surface area contributed by atoms with Crippen molar-refractivity contribution in [2.75, 3.05) is 33.4 Å². The first kappa shape index (κ1) is 16.4. The van der Waals surface area contributed by atoms with Gasteiger partial charge in [0.1, 0.15) is 5.82 Å². The van der Waals surface area contributed by atoms with Crippen molar-refractivity contribution in [3.05, 3.63) is 35.6 Å². The predicted octanol–water partition coefficient (Wildman–Crippen LogP) is 2.58. The van der Waals surface area contributed by atoms with Crippen molar-refractivity contribution in [1.82, 2.24) is 4.90 Å². The quantitative estimate of drug-likeness (QED) is 0.802. The van der Waals surface area contributed by atoms with Crippen LogP contribution in [-0.4, -0.2) is 50.3 Å². The number of hydrogen-bond acceptors (Lipinski definition) is 4. The van der Waals surface area contributed by atoms with Crippen LogP contribution in [0, 0.1) is 11.7 Å². The van der Waals surface area contributed by atoms with E-state index in [1.54, 1.807) is 12.1 Å². The summed E-state index contributed by atoms with van der Waals surface area (Å²) in [7, 11) is 1.41. The van der Waals surface area contributed by atoms with Crippen molar-refractivity contribution in [3.8, 4) is 0 Å². The number of carbonyl (C=O) groups is 1. The van der Waals surface area contributed by atoms with E-state index in [1.165, 1.54) is 13.2 Å². The lowest BCUT2D eigenvalue weighted by Gasteiger charge is -2.42. The molecule has 0 radical (unpaired) electrons. The molecule has 2 aliphatic rings. The van der Waals surface area contributed by atoms with Gasteiger partial charge < -0.3 is 9.47 Å². The standard InChI is InChI=1S/C18H24FNO3/c1-22-18(21)15-7-6-13(20-8-10-23-11-9-20)12-16(15)14-4-2-3-5-17(14)19/h2-5,13,15-16H,6-12H2,1H3/t13-,15+,16-/m0/s1. The molecule has 0 aromatic heterocycles. The van der Waals surface area contributed by atoms with Crippen LogP contribution in [0.1, 0.15) is 30.7 Å². The molecule has 0 unspecified atom stereocenters. The first-order valence-electron chi connectivity index (χ1n) is 8.34. The highest BCUT2D eigenvalue weighted by Gasteiger charge is 2.39. The van der Waals surface area contributed by atoms with Crippen molar-refractivity contribution >= 4 is 5.97 Å². The summed E-state index contributed by atoms with van der Waals surface area (Å²) in [4.78, 5) is 14.6. The van der Waals surface area contributed by atoms with Gasteiger partial charge in [-0.1, -0.05) is 18.2 Å². The van der Waals surface area contributed by atoms with Gasteiger partial charge in [0.15, 0.2) is 0 Å². The van der Waals surface area contributed by atoms with Crippen molar-refractivity contribution in [2.24, 2.45) is 5.92 Å². The highest BCUT2D eigenvalue weighted by Crippen LogP contribution is 2.41. The molecule has 1 aliphatic carbocycles. The third-order valence-corrected chi connectivity index (χ3v) is 5.19. The van der Waals surface area contributed by atoms with Gasteiger partial charge in [-0.05, 0) is 30.9 Å². The Morgan fingerprint density at radius 3 is 2.70 bits per heavy atom. The molecule has 5 heteroatoms. The molecular formula is C18H24FNO3. The van der Waals surface area contributed by atoms with E-state index in [2.05, 4.69) is 4.90 Å². The molecule has 0 bridgehead atoms. The molecule has 3 atom stereocenters. The Morgan fingerprint density at radius 2 is 2.00 bits per heavy atom. The summed E-state index contributed by atoms with van der Waals surface area (Å²) in [6, 6.07) is 7.18. The second-order valence-corrected chi connectivity index (χ2v) is 6.37. The number of hydrogen-bond donors (Lipinski definition) is 0. The average Bonchev–Trinajstić information content (AvgIpc) is 2.62. The summed E-state index contributed by atoms with van der Waals surface area (Å²) in [5.41, 5.74) is 0.640. The number of ether oxygens (including phenoxy) is 2. The first-order chi connectivity index (χ1) is 11.2. The summed E-state index contributed by atoms with van der Waals surface area (Å²) in [5, 5.41) is 0. The normalized spacial score (nSPS) is 29.2. The average molecular weight is 321 g/mol. The Morgan fingerprint density at radius 1 is 1.26 bits per heavy atom. The van der Waals surface area contributed by atoms with Gasteiger partial charge in [0.2, 0.25) is 0 Å². The molecule has 23 heavy (non-hydrogen) atoms. The van der Waals surface area contributed by atoms with Gasteiger partial charge in [0, 0.05) is 25.0 Å². The van der Waals surface area contributed by atoms with Crippen LogP contribution >= 0.6 is 0 Å². The number of benzene rings is 1. The summed E-state index contributed by atoms with van der Waals surface area (Å²) in [5.74, 6) is -0.827.